The van der Waals surface area contributed by atoms with Gasteiger partial charge in [0.1, 0.15) is 0 Å². The van der Waals surface area contributed by atoms with E-state index >= 15 is 0 Å². The summed E-state index contributed by atoms with van der Waals surface area (Å²) in [5.41, 5.74) is 0.473. The highest BCUT2D eigenvalue weighted by molar-refractivity contribution is 5.91. The topological polar surface area (TPSA) is 29.5 Å². The molecule has 3 nitrogen and oxygen atoms in total. The number of carbonyl (C=O) groups is 1. The van der Waals surface area contributed by atoms with Crippen LogP contribution in [0.1, 0.15) is 36.7 Å². The normalized spacial score (nSPS) is 12.0. The van der Waals surface area contributed by atoms with E-state index in [-0.39, 0.29) is 18.7 Å². The molecule has 1 aromatic carbocycles. The second kappa shape index (κ2) is 6.74. The van der Waals surface area contributed by atoms with Crippen LogP contribution in [0, 0.1) is 0 Å². The first-order chi connectivity index (χ1) is 9.27. The van der Waals surface area contributed by atoms with Crippen LogP contribution in [0.4, 0.5) is 13.2 Å². The molecule has 0 unspecified atom stereocenters. The summed E-state index contributed by atoms with van der Waals surface area (Å²) in [6.07, 6.45) is -4.45. The first-order valence-electron chi connectivity index (χ1n) is 6.35. The summed E-state index contributed by atoms with van der Waals surface area (Å²) in [5.74, 6) is -0.603. The van der Waals surface area contributed by atoms with Gasteiger partial charge >= 0.3 is 12.3 Å². The Hall–Kier alpha value is -1.56. The first kappa shape index (κ1) is 16.5. The average Bonchev–Trinajstić information content (AvgIpc) is 2.34. The number of alkyl halides is 3. The summed E-state index contributed by atoms with van der Waals surface area (Å²) in [6, 6.07) is 5.47. The summed E-state index contributed by atoms with van der Waals surface area (Å²) in [7, 11) is 0. The Morgan fingerprint density at radius 2 is 1.90 bits per heavy atom. The predicted octanol–water partition coefficient (Wildman–Crippen LogP) is 3.59. The number of hydrogen-bond donors (Lipinski definition) is 0. The molecule has 0 heterocycles. The Morgan fingerprint density at radius 3 is 2.40 bits per heavy atom. The van der Waals surface area contributed by atoms with Crippen LogP contribution in [0.5, 0.6) is 0 Å². The highest BCUT2D eigenvalue weighted by atomic mass is 19.4. The van der Waals surface area contributed by atoms with E-state index in [0.29, 0.717) is 10.5 Å². The minimum Gasteiger partial charge on any atom is -0.462 e. The maximum absolute atomic E-state index is 12.9. The molecule has 0 saturated heterocycles. The number of rotatable bonds is 5. The van der Waals surface area contributed by atoms with Gasteiger partial charge in [-0.05, 0) is 32.4 Å². The molecular weight excluding hydrogens is 271 g/mol. The Morgan fingerprint density at radius 1 is 1.30 bits per heavy atom. The van der Waals surface area contributed by atoms with Crippen LogP contribution in [0.3, 0.4) is 0 Å². The Labute approximate surface area is 116 Å². The predicted molar refractivity (Wildman–Crippen MR) is 69.1 cm³/mol. The Kier molecular flexibility index (Phi) is 5.56. The number of esters is 1. The maximum atomic E-state index is 12.9. The Balaban J connectivity index is 3.05. The zero-order valence-corrected chi connectivity index (χ0v) is 11.7. The van der Waals surface area contributed by atoms with Crippen molar-refractivity contribution in [2.45, 2.75) is 39.7 Å². The van der Waals surface area contributed by atoms with Crippen LogP contribution >= 0.6 is 0 Å². The van der Waals surface area contributed by atoms with Gasteiger partial charge in [-0.1, -0.05) is 18.2 Å². The van der Waals surface area contributed by atoms with Crippen molar-refractivity contribution in [2.24, 2.45) is 0 Å². The van der Waals surface area contributed by atoms with Gasteiger partial charge in [0.05, 0.1) is 12.2 Å². The molecule has 0 aliphatic carbocycles. The van der Waals surface area contributed by atoms with Crippen molar-refractivity contribution in [2.75, 3.05) is 6.61 Å². The van der Waals surface area contributed by atoms with Crippen molar-refractivity contribution in [3.8, 4) is 0 Å². The molecule has 0 atom stereocenters. The highest BCUT2D eigenvalue weighted by Crippen LogP contribution is 2.27. The molecule has 0 radical (unpaired) electrons. The molecule has 1 aromatic rings. The van der Waals surface area contributed by atoms with Gasteiger partial charge in [0.15, 0.2) is 0 Å². The maximum Gasteiger partial charge on any atom is 0.460 e. The minimum absolute atomic E-state index is 0.171. The molecule has 112 valence electrons. The Bertz CT molecular complexity index is 458. The van der Waals surface area contributed by atoms with Gasteiger partial charge in [-0.3, -0.25) is 0 Å². The molecule has 0 N–H and O–H groups in total. The van der Waals surface area contributed by atoms with E-state index < -0.39 is 18.3 Å². The van der Waals surface area contributed by atoms with Gasteiger partial charge in [0, 0.05) is 12.6 Å². The van der Waals surface area contributed by atoms with E-state index in [2.05, 4.69) is 0 Å². The third-order valence-corrected chi connectivity index (χ3v) is 2.80. The summed E-state index contributed by atoms with van der Waals surface area (Å²) < 4.78 is 43.7. The van der Waals surface area contributed by atoms with Crippen LogP contribution in [0.2, 0.25) is 0 Å². The largest absolute Gasteiger partial charge is 0.462 e. The molecule has 0 aromatic heterocycles. The fraction of sp³-hybridized carbons (Fsp3) is 0.500. The summed E-state index contributed by atoms with van der Waals surface area (Å²) in [4.78, 5) is 12.1. The van der Waals surface area contributed by atoms with Gasteiger partial charge in [0.2, 0.25) is 0 Å². The summed E-state index contributed by atoms with van der Waals surface area (Å²) in [5, 5.41) is 0. The van der Waals surface area contributed by atoms with Crippen LogP contribution in [0.25, 0.3) is 0 Å². The zero-order chi connectivity index (χ0) is 15.3. The fourth-order valence-electron chi connectivity index (χ4n) is 1.81. The molecule has 0 aliphatic rings. The van der Waals surface area contributed by atoms with Gasteiger partial charge in [0.25, 0.3) is 0 Å². The lowest BCUT2D eigenvalue weighted by Crippen LogP contribution is -2.42. The second-order valence-electron chi connectivity index (χ2n) is 4.57. The minimum atomic E-state index is -4.45. The van der Waals surface area contributed by atoms with Crippen molar-refractivity contribution in [3.63, 3.8) is 0 Å². The van der Waals surface area contributed by atoms with Crippen LogP contribution in [0.15, 0.2) is 24.3 Å². The summed E-state index contributed by atoms with van der Waals surface area (Å²) >= 11 is 0. The van der Waals surface area contributed by atoms with Gasteiger partial charge in [-0.2, -0.15) is 13.2 Å². The average molecular weight is 289 g/mol. The van der Waals surface area contributed by atoms with E-state index in [1.807, 2.05) is 0 Å². The first-order valence-corrected chi connectivity index (χ1v) is 6.35. The van der Waals surface area contributed by atoms with E-state index in [9.17, 15) is 18.0 Å². The quantitative estimate of drug-likeness (QED) is 0.613. The van der Waals surface area contributed by atoms with E-state index in [0.717, 1.165) is 0 Å². The molecule has 6 heteroatoms. The van der Waals surface area contributed by atoms with Crippen molar-refractivity contribution in [3.05, 3.63) is 35.4 Å². The molecule has 0 bridgehead atoms. The summed E-state index contributed by atoms with van der Waals surface area (Å²) in [6.45, 7) is 4.37. The molecule has 0 fully saturated rings. The molecule has 0 aliphatic heterocycles. The number of nitrogens with zero attached hydrogens (tertiary/aromatic N) is 1. The molecule has 0 amide bonds. The third kappa shape index (κ3) is 4.23. The van der Waals surface area contributed by atoms with Crippen LogP contribution in [-0.4, -0.2) is 29.8 Å². The van der Waals surface area contributed by atoms with Gasteiger partial charge in [-0.15, -0.1) is 0 Å². The van der Waals surface area contributed by atoms with E-state index in [1.165, 1.54) is 26.0 Å². The highest BCUT2D eigenvalue weighted by Gasteiger charge is 2.39. The molecule has 1 rings (SSSR count). The zero-order valence-electron chi connectivity index (χ0n) is 11.7. The number of carbonyl (C=O) groups excluding carboxylic acids is 1. The van der Waals surface area contributed by atoms with Crippen molar-refractivity contribution >= 4 is 5.97 Å². The second-order valence-corrected chi connectivity index (χ2v) is 4.57. The standard InChI is InChI=1S/C14H18F3NO2/c1-4-20-13(19)12-8-6-5-7-11(12)9-18(10(2)3)14(15,16)17/h5-8,10H,4,9H2,1-3H3. The lowest BCUT2D eigenvalue weighted by atomic mass is 10.1. The molecular formula is C14H18F3NO2. The number of halogens is 3. The van der Waals surface area contributed by atoms with E-state index in [4.69, 9.17) is 4.74 Å². The lowest BCUT2D eigenvalue weighted by Gasteiger charge is -2.29. The van der Waals surface area contributed by atoms with Crippen molar-refractivity contribution in [1.29, 1.82) is 0 Å². The molecule has 0 saturated carbocycles. The number of hydrogen-bond acceptors (Lipinski definition) is 3. The number of benzene rings is 1. The van der Waals surface area contributed by atoms with Crippen LogP contribution < -0.4 is 0 Å². The van der Waals surface area contributed by atoms with Gasteiger partial charge in [-0.25, -0.2) is 9.69 Å². The monoisotopic (exact) mass is 289 g/mol. The van der Waals surface area contributed by atoms with E-state index in [1.54, 1.807) is 19.1 Å². The fourth-order valence-corrected chi connectivity index (χ4v) is 1.81. The SMILES string of the molecule is CCOC(=O)c1ccccc1CN(C(C)C)C(F)(F)F. The molecule has 0 spiro atoms. The molecule has 20 heavy (non-hydrogen) atoms. The lowest BCUT2D eigenvalue weighted by molar-refractivity contribution is -0.259. The third-order valence-electron chi connectivity index (χ3n) is 2.80. The van der Waals surface area contributed by atoms with Crippen LogP contribution in [-0.2, 0) is 11.3 Å². The van der Waals surface area contributed by atoms with Crippen molar-refractivity contribution in [1.82, 2.24) is 4.90 Å². The number of ether oxygens (including phenoxy) is 1. The van der Waals surface area contributed by atoms with Gasteiger partial charge < -0.3 is 4.74 Å². The smallest absolute Gasteiger partial charge is 0.460 e. The van der Waals surface area contributed by atoms with Crippen molar-refractivity contribution < 1.29 is 22.7 Å².